The molecule has 8 heteroatoms. The fraction of sp³-hybridized carbons (Fsp3) is 0.0196. The second kappa shape index (κ2) is 13.7. The van der Waals surface area contributed by atoms with Crippen LogP contribution in [-0.2, 0) is 4.74 Å². The van der Waals surface area contributed by atoms with E-state index in [0.29, 0.717) is 22.3 Å². The van der Waals surface area contributed by atoms with Crippen LogP contribution in [0.15, 0.2) is 167 Å². The summed E-state index contributed by atoms with van der Waals surface area (Å²) >= 11 is 3.42. The van der Waals surface area contributed by atoms with Gasteiger partial charge in [-0.15, -0.1) is 22.7 Å². The lowest BCUT2D eigenvalue weighted by atomic mass is 9.95. The number of hydrogen-bond acceptors (Lipinski definition) is 7. The van der Waals surface area contributed by atoms with E-state index in [9.17, 15) is 14.7 Å². The lowest BCUT2D eigenvalue weighted by Crippen LogP contribution is -2.03. The first kappa shape index (κ1) is 34.9. The Bertz CT molecular complexity index is 3670. The molecule has 0 atom stereocenters. The van der Waals surface area contributed by atoms with Crippen molar-refractivity contribution in [3.05, 3.63) is 169 Å². The van der Waals surface area contributed by atoms with Gasteiger partial charge in [0.15, 0.2) is 0 Å². The van der Waals surface area contributed by atoms with Gasteiger partial charge in [0.1, 0.15) is 22.3 Å². The van der Waals surface area contributed by atoms with Gasteiger partial charge in [0.25, 0.3) is 0 Å². The van der Waals surface area contributed by atoms with Gasteiger partial charge in [0, 0.05) is 84.1 Å². The highest BCUT2D eigenvalue weighted by Gasteiger charge is 2.24. The van der Waals surface area contributed by atoms with Crippen molar-refractivity contribution in [3.63, 3.8) is 0 Å². The van der Waals surface area contributed by atoms with E-state index in [0.717, 1.165) is 64.2 Å². The number of carbonyl (C=O) groups excluding carboxylic acids is 1. The van der Waals surface area contributed by atoms with E-state index in [1.54, 1.807) is 28.7 Å². The van der Waals surface area contributed by atoms with Crippen LogP contribution < -0.4 is 0 Å². The lowest BCUT2D eigenvalue weighted by molar-refractivity contribution is 0.0600. The summed E-state index contributed by atoms with van der Waals surface area (Å²) in [6.07, 6.45) is 0. The summed E-state index contributed by atoms with van der Waals surface area (Å²) in [5, 5.41) is 18.6. The van der Waals surface area contributed by atoms with Gasteiger partial charge < -0.3 is 18.7 Å². The molecule has 0 bridgehead atoms. The van der Waals surface area contributed by atoms with Crippen LogP contribution in [0.25, 0.3) is 106 Å². The van der Waals surface area contributed by atoms with E-state index in [-0.39, 0.29) is 11.5 Å². The van der Waals surface area contributed by atoms with E-state index >= 15 is 0 Å². The number of carboxylic acids is 1. The minimum Gasteiger partial charge on any atom is -0.478 e. The topological polar surface area (TPSA) is 89.9 Å². The van der Waals surface area contributed by atoms with Gasteiger partial charge in [0.05, 0.1) is 18.2 Å². The first-order valence-corrected chi connectivity index (χ1v) is 20.6. The summed E-state index contributed by atoms with van der Waals surface area (Å²) in [6, 6.07) is 52.1. The Morgan fingerprint density at radius 3 is 1.37 bits per heavy atom. The predicted octanol–water partition coefficient (Wildman–Crippen LogP) is 14.7. The molecule has 59 heavy (non-hydrogen) atoms. The Labute approximate surface area is 343 Å². The van der Waals surface area contributed by atoms with Crippen LogP contribution in [0.4, 0.5) is 0 Å². The van der Waals surface area contributed by atoms with Gasteiger partial charge in [-0.3, -0.25) is 0 Å². The Balaban J connectivity index is 0.000000135. The first-order chi connectivity index (χ1) is 29.0. The van der Waals surface area contributed by atoms with Crippen molar-refractivity contribution in [1.29, 1.82) is 0 Å². The second-order valence-electron chi connectivity index (χ2n) is 14.3. The van der Waals surface area contributed by atoms with Crippen LogP contribution >= 0.6 is 22.7 Å². The molecule has 12 aromatic rings. The molecule has 0 aliphatic rings. The number of benzene rings is 8. The fourth-order valence-corrected chi connectivity index (χ4v) is 10.9. The maximum absolute atomic E-state index is 12.7. The molecular weight excluding hydrogens is 773 g/mol. The molecule has 0 radical (unpaired) electrons. The van der Waals surface area contributed by atoms with Gasteiger partial charge in [-0.25, -0.2) is 9.59 Å². The molecule has 1 N–H and O–H groups in total. The third kappa shape index (κ3) is 5.45. The molecular formula is C51H30O6S2. The predicted molar refractivity (Wildman–Crippen MR) is 242 cm³/mol. The molecule has 0 aliphatic heterocycles. The molecule has 282 valence electrons. The smallest absolute Gasteiger partial charge is 0.338 e. The number of fused-ring (bicyclic) bond motifs is 12. The van der Waals surface area contributed by atoms with Crippen molar-refractivity contribution < 1.29 is 28.3 Å². The SMILES string of the molecule is COC(=O)c1ccc2c(oc3ccccc32)c1-c1cccc2c1sc1ccccc12.O=C(O)c1ccc2c(oc3ccccc32)c1-c1cccc2c1sc1ccccc12. The number of para-hydroxylation sites is 2. The van der Waals surface area contributed by atoms with E-state index in [1.807, 2.05) is 97.1 Å². The van der Waals surface area contributed by atoms with Gasteiger partial charge >= 0.3 is 11.9 Å². The number of carbonyl (C=O) groups is 2. The first-order valence-electron chi connectivity index (χ1n) is 19.0. The van der Waals surface area contributed by atoms with Crippen molar-refractivity contribution >= 4 is 119 Å². The zero-order chi connectivity index (χ0) is 39.8. The Hall–Kier alpha value is -7.26. The van der Waals surface area contributed by atoms with Crippen molar-refractivity contribution in [2.24, 2.45) is 0 Å². The van der Waals surface area contributed by atoms with E-state index in [4.69, 9.17) is 13.6 Å². The van der Waals surface area contributed by atoms with Crippen molar-refractivity contribution in [2.75, 3.05) is 7.11 Å². The van der Waals surface area contributed by atoms with Gasteiger partial charge in [-0.2, -0.15) is 0 Å². The van der Waals surface area contributed by atoms with Gasteiger partial charge in [-0.05, 0) is 48.5 Å². The lowest BCUT2D eigenvalue weighted by Gasteiger charge is -2.10. The maximum atomic E-state index is 12.7. The monoisotopic (exact) mass is 802 g/mol. The summed E-state index contributed by atoms with van der Waals surface area (Å²) in [7, 11) is 1.41. The summed E-state index contributed by atoms with van der Waals surface area (Å²) < 4.78 is 22.2. The zero-order valence-corrected chi connectivity index (χ0v) is 32.9. The third-order valence-electron chi connectivity index (χ3n) is 11.1. The molecule has 8 aromatic carbocycles. The maximum Gasteiger partial charge on any atom is 0.338 e. The summed E-state index contributed by atoms with van der Waals surface area (Å²) in [5.41, 5.74) is 6.96. The van der Waals surface area contributed by atoms with Crippen molar-refractivity contribution in [3.8, 4) is 22.3 Å². The number of rotatable bonds is 4. The standard InChI is InChI=1S/C26H16O3S.C25H14O3S/c1-28-26(27)20-14-13-17-15-7-2-4-11-21(15)29-24(17)23(20)19-10-6-9-18-16-8-3-5-12-22(16)30-25(18)19;26-25(27)19-13-12-16-14-6-1-3-10-20(14)28-23(16)22(19)18-9-5-8-17-15-7-2-4-11-21(15)29-24(17)18/h2-14H,1H3;1-13H,(H,26,27). The number of ether oxygens (including phenoxy) is 1. The average Bonchev–Trinajstić information content (AvgIpc) is 4.05. The molecule has 0 saturated heterocycles. The normalized spacial score (nSPS) is 11.7. The number of hydrogen-bond donors (Lipinski definition) is 1. The highest BCUT2D eigenvalue weighted by molar-refractivity contribution is 7.26. The molecule has 0 spiro atoms. The highest BCUT2D eigenvalue weighted by atomic mass is 32.1. The molecule has 0 fully saturated rings. The number of furan rings is 2. The molecule has 0 aliphatic carbocycles. The van der Waals surface area contributed by atoms with Crippen molar-refractivity contribution in [2.45, 2.75) is 0 Å². The number of aromatic carboxylic acids is 1. The Morgan fingerprint density at radius 2 is 0.881 bits per heavy atom. The molecule has 0 saturated carbocycles. The van der Waals surface area contributed by atoms with E-state index in [2.05, 4.69) is 54.6 Å². The summed E-state index contributed by atoms with van der Waals surface area (Å²) in [5.74, 6) is -1.33. The van der Waals surface area contributed by atoms with E-state index < -0.39 is 5.97 Å². The minimum atomic E-state index is -0.958. The average molecular weight is 803 g/mol. The molecule has 12 rings (SSSR count). The number of carboxylic acid groups (broad SMARTS) is 1. The van der Waals surface area contributed by atoms with Crippen LogP contribution in [-0.4, -0.2) is 24.2 Å². The van der Waals surface area contributed by atoms with E-state index in [1.165, 1.54) is 32.7 Å². The number of methoxy groups -OCH3 is 1. The third-order valence-corrected chi connectivity index (χ3v) is 13.5. The molecule has 4 aromatic heterocycles. The molecule has 4 heterocycles. The highest BCUT2D eigenvalue weighted by Crippen LogP contribution is 2.46. The van der Waals surface area contributed by atoms with Crippen LogP contribution in [0, 0.1) is 0 Å². The van der Waals surface area contributed by atoms with Crippen LogP contribution in [0.1, 0.15) is 20.7 Å². The minimum absolute atomic E-state index is 0.251. The molecule has 6 nitrogen and oxygen atoms in total. The van der Waals surface area contributed by atoms with Crippen LogP contribution in [0.2, 0.25) is 0 Å². The van der Waals surface area contributed by atoms with Crippen molar-refractivity contribution in [1.82, 2.24) is 0 Å². The fourth-order valence-electron chi connectivity index (χ4n) is 8.46. The largest absolute Gasteiger partial charge is 0.478 e. The van der Waals surface area contributed by atoms with Gasteiger partial charge in [-0.1, -0.05) is 109 Å². The number of esters is 1. The quantitative estimate of drug-likeness (QED) is 0.178. The molecule has 0 unspecified atom stereocenters. The van der Waals surface area contributed by atoms with Crippen LogP contribution in [0.3, 0.4) is 0 Å². The molecule has 0 amide bonds. The zero-order valence-electron chi connectivity index (χ0n) is 31.3. The second-order valence-corrected chi connectivity index (χ2v) is 16.4. The Kier molecular flexibility index (Phi) is 8.11. The Morgan fingerprint density at radius 1 is 0.458 bits per heavy atom. The summed E-state index contributed by atoms with van der Waals surface area (Å²) in [4.78, 5) is 24.8. The summed E-state index contributed by atoms with van der Waals surface area (Å²) in [6.45, 7) is 0. The van der Waals surface area contributed by atoms with Crippen LogP contribution in [0.5, 0.6) is 0 Å². The van der Waals surface area contributed by atoms with Gasteiger partial charge in [0.2, 0.25) is 0 Å². The number of thiophene rings is 2.